The van der Waals surface area contributed by atoms with Crippen molar-refractivity contribution in [3.05, 3.63) is 63.1 Å². The Balaban J connectivity index is 1.63. The first kappa shape index (κ1) is 22.8. The van der Waals surface area contributed by atoms with E-state index < -0.39 is 5.91 Å². The van der Waals surface area contributed by atoms with E-state index in [1.807, 2.05) is 6.07 Å². The molecule has 31 heavy (non-hydrogen) atoms. The van der Waals surface area contributed by atoms with Gasteiger partial charge in [-0.2, -0.15) is 5.26 Å². The predicted molar refractivity (Wildman–Crippen MR) is 121 cm³/mol. The van der Waals surface area contributed by atoms with Gasteiger partial charge in [-0.25, -0.2) is 0 Å². The molecule has 1 fully saturated rings. The average molecular weight is 505 g/mol. The first-order chi connectivity index (χ1) is 15.0. The topological polar surface area (TPSA) is 91.7 Å². The van der Waals surface area contributed by atoms with E-state index in [1.165, 1.54) is 6.08 Å². The third-order valence-corrected chi connectivity index (χ3v) is 5.32. The van der Waals surface area contributed by atoms with Gasteiger partial charge in [0.1, 0.15) is 17.4 Å². The number of morpholine rings is 1. The van der Waals surface area contributed by atoms with E-state index in [-0.39, 0.29) is 18.1 Å². The van der Waals surface area contributed by atoms with Crippen molar-refractivity contribution in [1.29, 1.82) is 5.26 Å². The quantitative estimate of drug-likeness (QED) is 0.476. The zero-order chi connectivity index (χ0) is 22.2. The SMILES string of the molecule is N#C/C(=C/c1ccc(OCC(=O)N2CCOCC2)c(Br)c1)C(=O)Nc1ccc(Cl)cc1. The maximum atomic E-state index is 12.4. The van der Waals surface area contributed by atoms with Gasteiger partial charge in [-0.15, -0.1) is 0 Å². The molecule has 2 aromatic carbocycles. The van der Waals surface area contributed by atoms with Crippen LogP contribution < -0.4 is 10.1 Å². The highest BCUT2D eigenvalue weighted by Crippen LogP contribution is 2.27. The average Bonchev–Trinajstić information content (AvgIpc) is 2.78. The van der Waals surface area contributed by atoms with Gasteiger partial charge in [0, 0.05) is 23.8 Å². The molecule has 2 amide bonds. The standard InChI is InChI=1S/C22H19BrClN3O4/c23-19-12-15(1-6-20(19)31-14-21(28)27-7-9-30-10-8-27)11-16(13-25)22(29)26-18-4-2-17(24)3-5-18/h1-6,11-12H,7-10,14H2,(H,26,29)/b16-11-. The van der Waals surface area contributed by atoms with Crippen molar-refractivity contribution in [2.24, 2.45) is 0 Å². The number of carbonyl (C=O) groups excluding carboxylic acids is 2. The van der Waals surface area contributed by atoms with Crippen LogP contribution in [0, 0.1) is 11.3 Å². The Morgan fingerprint density at radius 1 is 1.23 bits per heavy atom. The molecular weight excluding hydrogens is 486 g/mol. The molecule has 3 rings (SSSR count). The lowest BCUT2D eigenvalue weighted by molar-refractivity contribution is -0.137. The number of rotatable bonds is 6. The highest BCUT2D eigenvalue weighted by Gasteiger charge is 2.17. The van der Waals surface area contributed by atoms with Crippen LogP contribution in [0.4, 0.5) is 5.69 Å². The molecule has 2 aromatic rings. The Morgan fingerprint density at radius 2 is 1.94 bits per heavy atom. The van der Waals surface area contributed by atoms with Crippen molar-refractivity contribution < 1.29 is 19.1 Å². The maximum Gasteiger partial charge on any atom is 0.266 e. The number of anilines is 1. The maximum absolute atomic E-state index is 12.4. The molecule has 0 unspecified atom stereocenters. The summed E-state index contributed by atoms with van der Waals surface area (Å²) in [5.74, 6) is -0.148. The number of nitriles is 1. The first-order valence-electron chi connectivity index (χ1n) is 9.43. The fourth-order valence-corrected chi connectivity index (χ4v) is 3.45. The lowest BCUT2D eigenvalue weighted by Gasteiger charge is -2.26. The highest BCUT2D eigenvalue weighted by molar-refractivity contribution is 9.10. The van der Waals surface area contributed by atoms with Gasteiger partial charge in [0.05, 0.1) is 17.7 Å². The second-order valence-electron chi connectivity index (χ2n) is 6.60. The normalized spacial score (nSPS) is 14.0. The van der Waals surface area contributed by atoms with Crippen molar-refractivity contribution >= 4 is 51.1 Å². The number of hydrogen-bond donors (Lipinski definition) is 1. The van der Waals surface area contributed by atoms with Gasteiger partial charge in [0.25, 0.3) is 11.8 Å². The summed E-state index contributed by atoms with van der Waals surface area (Å²) in [6, 6.07) is 13.6. The summed E-state index contributed by atoms with van der Waals surface area (Å²) in [6.45, 7) is 2.09. The van der Waals surface area contributed by atoms with Crippen LogP contribution in [0.5, 0.6) is 5.75 Å². The van der Waals surface area contributed by atoms with Gasteiger partial charge >= 0.3 is 0 Å². The van der Waals surface area contributed by atoms with E-state index in [2.05, 4.69) is 21.2 Å². The first-order valence-corrected chi connectivity index (χ1v) is 10.6. The minimum atomic E-state index is -0.530. The predicted octanol–water partition coefficient (Wildman–Crippen LogP) is 3.89. The third kappa shape index (κ3) is 6.56. The number of hydrogen-bond acceptors (Lipinski definition) is 5. The van der Waals surface area contributed by atoms with Gasteiger partial charge in [-0.05, 0) is 64.0 Å². The van der Waals surface area contributed by atoms with Crippen LogP contribution in [0.1, 0.15) is 5.56 Å². The van der Waals surface area contributed by atoms with Crippen LogP contribution in [0.15, 0.2) is 52.5 Å². The van der Waals surface area contributed by atoms with Crippen LogP contribution in [0.3, 0.4) is 0 Å². The molecule has 1 heterocycles. The molecule has 1 aliphatic rings. The smallest absolute Gasteiger partial charge is 0.266 e. The Morgan fingerprint density at radius 3 is 2.58 bits per heavy atom. The molecule has 0 spiro atoms. The summed E-state index contributed by atoms with van der Waals surface area (Å²) in [6.07, 6.45) is 1.47. The summed E-state index contributed by atoms with van der Waals surface area (Å²) in [5.41, 5.74) is 1.10. The molecule has 0 atom stereocenters. The van der Waals surface area contributed by atoms with Gasteiger partial charge < -0.3 is 19.7 Å². The van der Waals surface area contributed by atoms with E-state index in [1.54, 1.807) is 47.4 Å². The zero-order valence-corrected chi connectivity index (χ0v) is 18.8. The van der Waals surface area contributed by atoms with Crippen LogP contribution >= 0.6 is 27.5 Å². The fraction of sp³-hybridized carbons (Fsp3) is 0.227. The number of amides is 2. The molecule has 0 radical (unpaired) electrons. The molecule has 0 aromatic heterocycles. The lowest BCUT2D eigenvalue weighted by atomic mass is 10.1. The minimum absolute atomic E-state index is 0.0574. The molecule has 7 nitrogen and oxygen atoms in total. The molecule has 0 aliphatic carbocycles. The summed E-state index contributed by atoms with van der Waals surface area (Å²) in [4.78, 5) is 26.3. The summed E-state index contributed by atoms with van der Waals surface area (Å²) in [5, 5.41) is 12.6. The van der Waals surface area contributed by atoms with Gasteiger partial charge in [-0.1, -0.05) is 17.7 Å². The largest absolute Gasteiger partial charge is 0.483 e. The number of nitrogens with one attached hydrogen (secondary N) is 1. The molecule has 160 valence electrons. The summed E-state index contributed by atoms with van der Waals surface area (Å²) < 4.78 is 11.5. The van der Waals surface area contributed by atoms with Crippen molar-refractivity contribution in [1.82, 2.24) is 4.90 Å². The van der Waals surface area contributed by atoms with E-state index >= 15 is 0 Å². The fourth-order valence-electron chi connectivity index (χ4n) is 2.81. The highest BCUT2D eigenvalue weighted by atomic mass is 79.9. The number of ether oxygens (including phenoxy) is 2. The number of benzene rings is 2. The van der Waals surface area contributed by atoms with Gasteiger partial charge in [0.15, 0.2) is 6.61 Å². The van der Waals surface area contributed by atoms with Crippen molar-refractivity contribution in [2.75, 3.05) is 38.2 Å². The zero-order valence-electron chi connectivity index (χ0n) is 16.4. The molecule has 9 heteroatoms. The molecule has 0 bridgehead atoms. The van der Waals surface area contributed by atoms with Gasteiger partial charge in [0.2, 0.25) is 0 Å². The van der Waals surface area contributed by atoms with E-state index in [4.69, 9.17) is 21.1 Å². The van der Waals surface area contributed by atoms with E-state index in [0.29, 0.717) is 52.8 Å². The monoisotopic (exact) mass is 503 g/mol. The minimum Gasteiger partial charge on any atom is -0.483 e. The summed E-state index contributed by atoms with van der Waals surface area (Å²) in [7, 11) is 0. The van der Waals surface area contributed by atoms with Crippen LogP contribution in [-0.2, 0) is 14.3 Å². The van der Waals surface area contributed by atoms with Crippen molar-refractivity contribution in [3.8, 4) is 11.8 Å². The lowest BCUT2D eigenvalue weighted by Crippen LogP contribution is -2.43. The van der Waals surface area contributed by atoms with E-state index in [0.717, 1.165) is 0 Å². The van der Waals surface area contributed by atoms with Crippen LogP contribution in [0.2, 0.25) is 5.02 Å². The molecule has 0 saturated carbocycles. The molecular formula is C22H19BrClN3O4. The summed E-state index contributed by atoms with van der Waals surface area (Å²) >= 11 is 9.24. The Labute approximate surface area is 193 Å². The Bertz CT molecular complexity index is 1030. The Kier molecular flexibility index (Phi) is 8.06. The van der Waals surface area contributed by atoms with E-state index in [9.17, 15) is 14.9 Å². The van der Waals surface area contributed by atoms with Crippen LogP contribution in [0.25, 0.3) is 6.08 Å². The van der Waals surface area contributed by atoms with Crippen molar-refractivity contribution in [3.63, 3.8) is 0 Å². The number of nitrogens with zero attached hydrogens (tertiary/aromatic N) is 2. The third-order valence-electron chi connectivity index (χ3n) is 4.45. The van der Waals surface area contributed by atoms with Gasteiger partial charge in [-0.3, -0.25) is 9.59 Å². The number of carbonyl (C=O) groups is 2. The second-order valence-corrected chi connectivity index (χ2v) is 7.89. The molecule has 1 N–H and O–H groups in total. The van der Waals surface area contributed by atoms with Crippen molar-refractivity contribution in [2.45, 2.75) is 0 Å². The Hall–Kier alpha value is -2.86. The number of halogens is 2. The molecule has 1 saturated heterocycles. The molecule has 1 aliphatic heterocycles. The second kappa shape index (κ2) is 11.0. The van der Waals surface area contributed by atoms with Crippen LogP contribution in [-0.4, -0.2) is 49.6 Å².